The van der Waals surface area contributed by atoms with E-state index in [2.05, 4.69) is 15.0 Å². The first kappa shape index (κ1) is 19.6. The number of piperazine rings is 1. The molecule has 2 aromatic carbocycles. The number of H-pyrrole nitrogens is 1. The Balaban J connectivity index is 1.73. The zero-order chi connectivity index (χ0) is 21.8. The molecule has 31 heavy (non-hydrogen) atoms. The van der Waals surface area contributed by atoms with E-state index in [0.29, 0.717) is 37.4 Å². The molecule has 0 atom stereocenters. The van der Waals surface area contributed by atoms with Gasteiger partial charge in [-0.2, -0.15) is 23.0 Å². The van der Waals surface area contributed by atoms with E-state index in [-0.39, 0.29) is 27.9 Å². The number of rotatable bonds is 2. The van der Waals surface area contributed by atoms with Crippen LogP contribution < -0.4 is 10.5 Å². The second kappa shape index (κ2) is 7.12. The number of hydrogen-bond donors (Lipinski definition) is 1. The van der Waals surface area contributed by atoms with Gasteiger partial charge < -0.3 is 14.8 Å². The number of anilines is 1. The molecule has 3 heterocycles. The van der Waals surface area contributed by atoms with Crippen molar-refractivity contribution < 1.29 is 13.2 Å². The van der Waals surface area contributed by atoms with Crippen LogP contribution in [0.5, 0.6) is 0 Å². The summed E-state index contributed by atoms with van der Waals surface area (Å²) in [4.78, 5) is 19.7. The highest BCUT2D eigenvalue weighted by atomic mass is 19.4. The molecule has 0 saturated carbocycles. The molecule has 160 valence electrons. The number of alkyl halides is 3. The zero-order valence-electron chi connectivity index (χ0n) is 16.8. The summed E-state index contributed by atoms with van der Waals surface area (Å²) in [6.07, 6.45) is -3.01. The molecule has 0 spiro atoms. The van der Waals surface area contributed by atoms with E-state index in [4.69, 9.17) is 0 Å². The van der Waals surface area contributed by atoms with Crippen LogP contribution in [0.4, 0.5) is 18.9 Å². The predicted molar refractivity (Wildman–Crippen MR) is 113 cm³/mol. The number of nitrogens with zero attached hydrogens (tertiary/aromatic N) is 4. The van der Waals surface area contributed by atoms with Crippen LogP contribution in [0.15, 0.2) is 53.5 Å². The van der Waals surface area contributed by atoms with Crippen LogP contribution in [0, 0.1) is 0 Å². The van der Waals surface area contributed by atoms with Crippen molar-refractivity contribution in [2.45, 2.75) is 6.18 Å². The molecule has 1 saturated heterocycles. The summed E-state index contributed by atoms with van der Waals surface area (Å²) in [5.74, 6) is 0. The quantitative estimate of drug-likeness (QED) is 0.531. The fourth-order valence-electron chi connectivity index (χ4n) is 4.08. The highest BCUT2D eigenvalue weighted by Crippen LogP contribution is 2.41. The van der Waals surface area contributed by atoms with Gasteiger partial charge in [0.25, 0.3) is 5.56 Å². The largest absolute Gasteiger partial charge is 0.418 e. The van der Waals surface area contributed by atoms with Crippen molar-refractivity contribution in [3.8, 4) is 16.9 Å². The third-order valence-corrected chi connectivity index (χ3v) is 5.79. The van der Waals surface area contributed by atoms with Crippen LogP contribution in [0.1, 0.15) is 5.56 Å². The Hall–Kier alpha value is -3.33. The van der Waals surface area contributed by atoms with E-state index in [1.807, 2.05) is 13.1 Å². The van der Waals surface area contributed by atoms with Gasteiger partial charge in [-0.05, 0) is 31.3 Å². The monoisotopic (exact) mass is 427 g/mol. The second-order valence-corrected chi connectivity index (χ2v) is 7.81. The van der Waals surface area contributed by atoms with Gasteiger partial charge in [-0.3, -0.25) is 4.79 Å². The van der Waals surface area contributed by atoms with E-state index in [1.54, 1.807) is 29.2 Å². The number of benzene rings is 2. The van der Waals surface area contributed by atoms with Crippen molar-refractivity contribution >= 4 is 16.6 Å². The topological polar surface area (TPSA) is 57.2 Å². The molecule has 0 aliphatic carbocycles. The summed E-state index contributed by atoms with van der Waals surface area (Å²) in [5, 5.41) is 4.66. The number of halogens is 3. The lowest BCUT2D eigenvalue weighted by molar-refractivity contribution is -0.137. The molecule has 1 fully saturated rings. The minimum Gasteiger partial charge on any atom is -0.368 e. The minimum atomic E-state index is -4.53. The van der Waals surface area contributed by atoms with Crippen molar-refractivity contribution in [2.75, 3.05) is 38.1 Å². The van der Waals surface area contributed by atoms with Crippen LogP contribution in [0.3, 0.4) is 0 Å². The first-order valence-electron chi connectivity index (χ1n) is 9.97. The predicted octanol–water partition coefficient (Wildman–Crippen LogP) is 3.59. The van der Waals surface area contributed by atoms with E-state index < -0.39 is 11.7 Å². The summed E-state index contributed by atoms with van der Waals surface area (Å²) >= 11 is 0. The molecule has 0 aromatic heterocycles. The number of fused-ring (bicyclic) bond motifs is 3. The standard InChI is InChI=1S/C22H20F3N5O/c1-28-7-9-29(10-8-28)19-12-18-15(11-17(19)22(23,24)25)20-16(13-26-18)21(31)30(27-20)14-5-3-2-4-6-14/h2-6,11-13,26H,7-10H2,1H3. The first-order valence-corrected chi connectivity index (χ1v) is 9.97. The van der Waals surface area contributed by atoms with Crippen molar-refractivity contribution in [1.82, 2.24) is 19.7 Å². The molecule has 3 aliphatic heterocycles. The summed E-state index contributed by atoms with van der Waals surface area (Å²) < 4.78 is 43.3. The molecule has 0 radical (unpaired) electrons. The first-order chi connectivity index (χ1) is 14.8. The van der Waals surface area contributed by atoms with Crippen molar-refractivity contribution in [2.24, 2.45) is 0 Å². The normalized spacial score (nSPS) is 15.8. The Morgan fingerprint density at radius 2 is 1.74 bits per heavy atom. The highest BCUT2D eigenvalue weighted by Gasteiger charge is 2.36. The Morgan fingerprint density at radius 1 is 1.03 bits per heavy atom. The number of pyridine rings is 1. The highest BCUT2D eigenvalue weighted by molar-refractivity contribution is 5.96. The van der Waals surface area contributed by atoms with Gasteiger partial charge in [0.15, 0.2) is 0 Å². The number of para-hydroxylation sites is 1. The molecular weight excluding hydrogens is 407 g/mol. The van der Waals surface area contributed by atoms with E-state index in [1.165, 1.54) is 16.9 Å². The molecule has 3 aliphatic rings. The summed E-state index contributed by atoms with van der Waals surface area (Å²) in [5.41, 5.74) is 0.612. The number of hydrogen-bond acceptors (Lipinski definition) is 4. The maximum absolute atomic E-state index is 14.0. The van der Waals surface area contributed by atoms with Crippen LogP contribution in [-0.4, -0.2) is 52.9 Å². The molecule has 5 rings (SSSR count). The molecular formula is C22H20F3N5O. The Kier molecular flexibility index (Phi) is 4.51. The minimum absolute atomic E-state index is 0.147. The van der Waals surface area contributed by atoms with Gasteiger partial charge in [-0.1, -0.05) is 18.2 Å². The molecule has 6 nitrogen and oxygen atoms in total. The molecule has 9 heteroatoms. The zero-order valence-corrected chi connectivity index (χ0v) is 16.8. The SMILES string of the molecule is CN1CCN(c2cc3[nH]cc4c(=O)n(-c5ccccc5)nc-4c3cc2C(F)(F)F)CC1. The molecule has 2 aromatic rings. The molecule has 0 bridgehead atoms. The van der Waals surface area contributed by atoms with Crippen LogP contribution in [-0.2, 0) is 6.18 Å². The van der Waals surface area contributed by atoms with Gasteiger partial charge in [0.1, 0.15) is 5.69 Å². The van der Waals surface area contributed by atoms with Gasteiger partial charge in [0.05, 0.1) is 22.5 Å². The molecule has 1 N–H and O–H groups in total. The fraction of sp³-hybridized carbons (Fsp3) is 0.273. The summed E-state index contributed by atoms with van der Waals surface area (Å²) in [6, 6.07) is 11.5. The van der Waals surface area contributed by atoms with Gasteiger partial charge in [0.2, 0.25) is 0 Å². The average molecular weight is 427 g/mol. The van der Waals surface area contributed by atoms with Crippen molar-refractivity contribution in [3.05, 3.63) is 64.6 Å². The number of aromatic amines is 1. The Bertz CT molecular complexity index is 1270. The Morgan fingerprint density at radius 3 is 2.42 bits per heavy atom. The smallest absolute Gasteiger partial charge is 0.368 e. The summed E-state index contributed by atoms with van der Waals surface area (Å²) in [7, 11) is 1.95. The van der Waals surface area contributed by atoms with Gasteiger partial charge in [-0.25, -0.2) is 0 Å². The lowest BCUT2D eigenvalue weighted by atomic mass is 10.0. The third kappa shape index (κ3) is 3.34. The van der Waals surface area contributed by atoms with Crippen molar-refractivity contribution in [1.29, 1.82) is 0 Å². The maximum Gasteiger partial charge on any atom is 0.418 e. The van der Waals surface area contributed by atoms with Crippen LogP contribution >= 0.6 is 0 Å². The fourth-order valence-corrected chi connectivity index (χ4v) is 4.08. The van der Waals surface area contributed by atoms with E-state index in [0.717, 1.165) is 6.07 Å². The van der Waals surface area contributed by atoms with Gasteiger partial charge in [0, 0.05) is 43.3 Å². The number of nitrogens with one attached hydrogen (secondary N) is 1. The second-order valence-electron chi connectivity index (χ2n) is 7.81. The van der Waals surface area contributed by atoms with Gasteiger partial charge in [-0.15, -0.1) is 0 Å². The van der Waals surface area contributed by atoms with Gasteiger partial charge >= 0.3 is 6.18 Å². The molecule has 0 amide bonds. The average Bonchev–Trinajstić information content (AvgIpc) is 3.10. The van der Waals surface area contributed by atoms with E-state index in [9.17, 15) is 18.0 Å². The van der Waals surface area contributed by atoms with Crippen molar-refractivity contribution in [3.63, 3.8) is 0 Å². The van der Waals surface area contributed by atoms with E-state index >= 15 is 0 Å². The third-order valence-electron chi connectivity index (χ3n) is 5.79. The lowest BCUT2D eigenvalue weighted by Crippen LogP contribution is -2.45. The number of aromatic nitrogens is 3. The number of likely N-dealkylation sites (N-methyl/N-ethyl adjacent to an activating group) is 1. The maximum atomic E-state index is 14.0. The summed E-state index contributed by atoms with van der Waals surface area (Å²) in [6.45, 7) is 2.42. The van der Waals surface area contributed by atoms with Crippen LogP contribution in [0.25, 0.3) is 27.8 Å². The molecule has 0 unspecified atom stereocenters. The lowest BCUT2D eigenvalue weighted by Gasteiger charge is -2.35. The van der Waals surface area contributed by atoms with Crippen LogP contribution in [0.2, 0.25) is 0 Å². The Labute approximate surface area is 175 Å².